The number of amides is 2. The van der Waals surface area contributed by atoms with Gasteiger partial charge in [0.2, 0.25) is 0 Å². The second-order valence-electron chi connectivity index (χ2n) is 6.75. The molecule has 0 spiro atoms. The number of carboxylic acid groups (broad SMARTS) is 1. The maximum absolute atomic E-state index is 12.3. The number of urea groups is 1. The molecule has 1 fully saturated rings. The van der Waals surface area contributed by atoms with Crippen LogP contribution in [0.2, 0.25) is 0 Å². The van der Waals surface area contributed by atoms with Gasteiger partial charge in [0.15, 0.2) is 0 Å². The Morgan fingerprint density at radius 2 is 2.07 bits per heavy atom. The van der Waals surface area contributed by atoms with Crippen LogP contribution in [0.1, 0.15) is 36.9 Å². The van der Waals surface area contributed by atoms with E-state index >= 15 is 0 Å². The number of nitrogens with zero attached hydrogens (tertiary/aromatic N) is 3. The molecule has 1 aliphatic heterocycles. The quantitative estimate of drug-likeness (QED) is 0.456. The Balaban J connectivity index is 0.00000364. The van der Waals surface area contributed by atoms with Gasteiger partial charge in [-0.3, -0.25) is 4.90 Å². The smallest absolute Gasteiger partial charge is 0.548 e. The van der Waals surface area contributed by atoms with Gasteiger partial charge in [-0.05, 0) is 6.42 Å². The number of aliphatic carboxylic acids is 1. The normalized spacial score (nSPS) is 15.9. The van der Waals surface area contributed by atoms with Crippen molar-refractivity contribution < 1.29 is 70.8 Å². The van der Waals surface area contributed by atoms with Crippen LogP contribution in [-0.2, 0) is 16.1 Å². The van der Waals surface area contributed by atoms with E-state index in [1.165, 1.54) is 4.90 Å². The molecule has 1 aromatic rings. The average Bonchev–Trinajstić information content (AvgIpc) is 3.07. The number of hydrogen-bond donors (Lipinski definition) is 1. The first-order valence-corrected chi connectivity index (χ1v) is 9.71. The molecule has 0 saturated carbocycles. The molecule has 146 valence electrons. The summed E-state index contributed by atoms with van der Waals surface area (Å²) in [5.41, 5.74) is 0.801. The zero-order valence-corrected chi connectivity index (χ0v) is 20.5. The molecule has 1 aromatic heterocycles. The summed E-state index contributed by atoms with van der Waals surface area (Å²) in [6, 6.07) is -1.46. The summed E-state index contributed by atoms with van der Waals surface area (Å²) < 4.78 is 5.27. The first-order valence-electron chi connectivity index (χ1n) is 8.83. The van der Waals surface area contributed by atoms with E-state index in [1.807, 2.05) is 5.38 Å². The third-order valence-electron chi connectivity index (χ3n) is 4.23. The number of nitrogens with one attached hydrogen (secondary N) is 1. The molecule has 0 radical (unpaired) electrons. The van der Waals surface area contributed by atoms with Crippen LogP contribution in [0, 0.1) is 0 Å². The zero-order chi connectivity index (χ0) is 19.1. The van der Waals surface area contributed by atoms with E-state index in [0.717, 1.165) is 23.8 Å². The molecule has 0 aromatic carbocycles. The van der Waals surface area contributed by atoms with Crippen LogP contribution in [0.3, 0.4) is 0 Å². The number of ether oxygens (including phenoxy) is 1. The van der Waals surface area contributed by atoms with Crippen LogP contribution in [-0.4, -0.2) is 72.7 Å². The van der Waals surface area contributed by atoms with Crippen LogP contribution in [0.25, 0.3) is 0 Å². The van der Waals surface area contributed by atoms with E-state index in [9.17, 15) is 14.7 Å². The van der Waals surface area contributed by atoms with Crippen LogP contribution < -0.4 is 61.8 Å². The Kier molecular flexibility index (Phi) is 11.5. The van der Waals surface area contributed by atoms with Crippen molar-refractivity contribution in [2.24, 2.45) is 0 Å². The van der Waals surface area contributed by atoms with Gasteiger partial charge in [0.1, 0.15) is 0 Å². The number of rotatable bonds is 8. The SMILES string of the molecule is CC(C)c1nc(CN(C)C(=O)NC(CCN2CCOCC2)C(=O)[O-])cs1.[K+]. The van der Waals surface area contributed by atoms with Crippen molar-refractivity contribution in [3.05, 3.63) is 16.1 Å². The van der Waals surface area contributed by atoms with Crippen molar-refractivity contribution in [2.75, 3.05) is 39.9 Å². The number of carbonyl (C=O) groups excluding carboxylic acids is 2. The predicted molar refractivity (Wildman–Crippen MR) is 96.9 cm³/mol. The molecular formula is C17H27KN4O4S. The predicted octanol–water partition coefficient (Wildman–Crippen LogP) is -2.75. The van der Waals surface area contributed by atoms with Gasteiger partial charge in [0.05, 0.1) is 42.5 Å². The molecule has 1 N–H and O–H groups in total. The maximum atomic E-state index is 12.3. The van der Waals surface area contributed by atoms with E-state index in [2.05, 4.69) is 29.0 Å². The molecule has 0 bridgehead atoms. The van der Waals surface area contributed by atoms with Crippen molar-refractivity contribution in [1.82, 2.24) is 20.1 Å². The van der Waals surface area contributed by atoms with Gasteiger partial charge >= 0.3 is 57.4 Å². The summed E-state index contributed by atoms with van der Waals surface area (Å²) >= 11 is 1.56. The van der Waals surface area contributed by atoms with Gasteiger partial charge in [0.25, 0.3) is 0 Å². The van der Waals surface area contributed by atoms with E-state index in [1.54, 1.807) is 18.4 Å². The Hall–Kier alpha value is -0.0736. The molecule has 2 rings (SSSR count). The maximum Gasteiger partial charge on any atom is 1.00 e. The summed E-state index contributed by atoms with van der Waals surface area (Å²) in [6.45, 7) is 7.89. The van der Waals surface area contributed by atoms with Gasteiger partial charge in [-0.1, -0.05) is 13.8 Å². The van der Waals surface area contributed by atoms with Gasteiger partial charge in [0, 0.05) is 38.0 Å². The Morgan fingerprint density at radius 3 is 2.63 bits per heavy atom. The molecule has 8 nitrogen and oxygen atoms in total. The minimum absolute atomic E-state index is 0. The number of aromatic nitrogens is 1. The topological polar surface area (TPSA) is 97.8 Å². The van der Waals surface area contributed by atoms with Gasteiger partial charge in [-0.2, -0.15) is 0 Å². The number of carboxylic acids is 1. The first kappa shape index (κ1) is 25.0. The largest absolute Gasteiger partial charge is 1.00 e. The van der Waals surface area contributed by atoms with Gasteiger partial charge in [-0.15, -0.1) is 11.3 Å². The first-order chi connectivity index (χ1) is 12.4. The molecule has 1 aliphatic rings. The van der Waals surface area contributed by atoms with Crippen LogP contribution >= 0.6 is 11.3 Å². The molecular weight excluding hydrogens is 395 g/mol. The van der Waals surface area contributed by atoms with E-state index in [0.29, 0.717) is 38.6 Å². The molecule has 10 heteroatoms. The second-order valence-corrected chi connectivity index (χ2v) is 7.64. The fourth-order valence-electron chi connectivity index (χ4n) is 2.62. The van der Waals surface area contributed by atoms with Gasteiger partial charge < -0.3 is 24.9 Å². The number of thiazole rings is 1. The van der Waals surface area contributed by atoms with Crippen LogP contribution in [0.4, 0.5) is 4.79 Å². The molecule has 1 unspecified atom stereocenters. The van der Waals surface area contributed by atoms with E-state index in [-0.39, 0.29) is 51.4 Å². The minimum atomic E-state index is -1.27. The van der Waals surface area contributed by atoms with Gasteiger partial charge in [-0.25, -0.2) is 9.78 Å². The fraction of sp³-hybridized carbons (Fsp3) is 0.706. The van der Waals surface area contributed by atoms with E-state index in [4.69, 9.17) is 4.74 Å². The Bertz CT molecular complexity index is 608. The third-order valence-corrected chi connectivity index (χ3v) is 5.42. The van der Waals surface area contributed by atoms with Crippen molar-refractivity contribution in [3.63, 3.8) is 0 Å². The Morgan fingerprint density at radius 1 is 1.41 bits per heavy atom. The Labute approximate surface area is 207 Å². The molecule has 27 heavy (non-hydrogen) atoms. The van der Waals surface area contributed by atoms with E-state index < -0.39 is 18.0 Å². The number of morpholine rings is 1. The zero-order valence-electron chi connectivity index (χ0n) is 16.6. The van der Waals surface area contributed by atoms with Crippen molar-refractivity contribution >= 4 is 23.3 Å². The summed E-state index contributed by atoms with van der Waals surface area (Å²) in [7, 11) is 1.62. The van der Waals surface area contributed by atoms with Crippen molar-refractivity contribution in [3.8, 4) is 0 Å². The summed E-state index contributed by atoms with van der Waals surface area (Å²) in [6.07, 6.45) is 0.302. The molecule has 1 atom stereocenters. The van der Waals surface area contributed by atoms with Crippen molar-refractivity contribution in [1.29, 1.82) is 0 Å². The molecule has 2 amide bonds. The van der Waals surface area contributed by atoms with Crippen LogP contribution in [0.5, 0.6) is 0 Å². The molecule has 0 aliphatic carbocycles. The van der Waals surface area contributed by atoms with Crippen LogP contribution in [0.15, 0.2) is 5.38 Å². The number of carbonyl (C=O) groups is 2. The number of hydrogen-bond acceptors (Lipinski definition) is 7. The standard InChI is InChI=1S/C17H28N4O4S.K/c1-12(2)15-18-13(11-26-15)10-20(3)17(24)19-14(16(22)23)4-5-21-6-8-25-9-7-21;/h11-12,14H,4-10H2,1-3H3,(H,19,24)(H,22,23);/q;+1/p-1. The molecule has 2 heterocycles. The van der Waals surface area contributed by atoms with Crippen molar-refractivity contribution in [2.45, 2.75) is 38.8 Å². The summed E-state index contributed by atoms with van der Waals surface area (Å²) in [5, 5.41) is 16.9. The average molecular weight is 423 g/mol. The fourth-order valence-corrected chi connectivity index (χ4v) is 3.45. The second kappa shape index (κ2) is 12.5. The summed E-state index contributed by atoms with van der Waals surface area (Å²) in [4.78, 5) is 31.7. The molecule has 1 saturated heterocycles. The minimum Gasteiger partial charge on any atom is -0.548 e. The summed E-state index contributed by atoms with van der Waals surface area (Å²) in [5.74, 6) is -0.925. The monoisotopic (exact) mass is 422 g/mol. The third kappa shape index (κ3) is 8.44.